The minimum absolute atomic E-state index is 0.00787. The topological polar surface area (TPSA) is 70.8 Å². The van der Waals surface area contributed by atoms with E-state index < -0.39 is 0 Å². The normalized spacial score (nSPS) is 26.0. The summed E-state index contributed by atoms with van der Waals surface area (Å²) in [6.45, 7) is 4.73. The van der Waals surface area contributed by atoms with Crippen LogP contribution in [0, 0.1) is 5.92 Å². The van der Waals surface area contributed by atoms with Crippen molar-refractivity contribution < 1.29 is 9.53 Å². The second-order valence-corrected chi connectivity index (χ2v) is 6.29. The van der Waals surface area contributed by atoms with Gasteiger partial charge in [-0.25, -0.2) is 0 Å². The fraction of sp³-hybridized carbons (Fsp3) is 0.588. The smallest absolute Gasteiger partial charge is 0.220 e. The molecule has 2 heterocycles. The first kappa shape index (κ1) is 16.1. The third kappa shape index (κ3) is 3.59. The van der Waals surface area contributed by atoms with Crippen LogP contribution in [-0.4, -0.2) is 56.8 Å². The fourth-order valence-electron chi connectivity index (χ4n) is 3.60. The standard InChI is InChI=1S/C17H26N4O2/c1-23-15-5-3-2-4-14(15)20-8-10-21(11-9-20)16-12-13(17(18)22)6-7-19-16/h2-5,13,16,19H,6-12H2,1H3,(H2,18,22). The first-order valence-electron chi connectivity index (χ1n) is 8.33. The molecule has 0 bridgehead atoms. The lowest BCUT2D eigenvalue weighted by Gasteiger charge is -2.43. The molecule has 3 rings (SSSR count). The maximum atomic E-state index is 11.4. The molecule has 0 aromatic heterocycles. The average molecular weight is 318 g/mol. The van der Waals surface area contributed by atoms with E-state index >= 15 is 0 Å². The molecule has 1 aromatic rings. The lowest BCUT2D eigenvalue weighted by Crippen LogP contribution is -2.57. The lowest BCUT2D eigenvalue weighted by molar-refractivity contribution is -0.123. The molecule has 2 unspecified atom stereocenters. The number of benzene rings is 1. The van der Waals surface area contributed by atoms with E-state index in [0.717, 1.165) is 57.0 Å². The summed E-state index contributed by atoms with van der Waals surface area (Å²) in [4.78, 5) is 16.2. The van der Waals surface area contributed by atoms with Crippen LogP contribution in [0.2, 0.25) is 0 Å². The van der Waals surface area contributed by atoms with Crippen LogP contribution < -0.4 is 20.7 Å². The van der Waals surface area contributed by atoms with E-state index in [-0.39, 0.29) is 18.0 Å². The monoisotopic (exact) mass is 318 g/mol. The molecule has 2 aliphatic rings. The van der Waals surface area contributed by atoms with Gasteiger partial charge >= 0.3 is 0 Å². The molecule has 0 saturated carbocycles. The number of rotatable bonds is 4. The summed E-state index contributed by atoms with van der Waals surface area (Å²) < 4.78 is 5.46. The molecule has 2 saturated heterocycles. The SMILES string of the molecule is COc1ccccc1N1CCN(C2CC(C(N)=O)CCN2)CC1. The largest absolute Gasteiger partial charge is 0.495 e. The third-order valence-electron chi connectivity index (χ3n) is 4.96. The number of hydrogen-bond donors (Lipinski definition) is 2. The van der Waals surface area contributed by atoms with Crippen molar-refractivity contribution in [1.29, 1.82) is 0 Å². The molecule has 0 spiro atoms. The van der Waals surface area contributed by atoms with Gasteiger partial charge in [-0.2, -0.15) is 0 Å². The molecule has 2 fully saturated rings. The number of nitrogens with one attached hydrogen (secondary N) is 1. The minimum atomic E-state index is -0.163. The molecule has 6 heteroatoms. The highest BCUT2D eigenvalue weighted by atomic mass is 16.5. The quantitative estimate of drug-likeness (QED) is 0.852. The van der Waals surface area contributed by atoms with Crippen molar-refractivity contribution in [2.24, 2.45) is 11.7 Å². The number of ether oxygens (including phenoxy) is 1. The number of para-hydroxylation sites is 2. The number of primary amides is 1. The fourth-order valence-corrected chi connectivity index (χ4v) is 3.60. The van der Waals surface area contributed by atoms with Crippen LogP contribution >= 0.6 is 0 Å². The molecule has 1 amide bonds. The van der Waals surface area contributed by atoms with E-state index in [1.807, 2.05) is 18.2 Å². The van der Waals surface area contributed by atoms with Gasteiger partial charge in [0.25, 0.3) is 0 Å². The number of nitrogens with two attached hydrogens (primary N) is 1. The predicted molar refractivity (Wildman–Crippen MR) is 90.5 cm³/mol. The maximum absolute atomic E-state index is 11.4. The van der Waals surface area contributed by atoms with Crippen LogP contribution in [0.4, 0.5) is 5.69 Å². The van der Waals surface area contributed by atoms with Gasteiger partial charge in [0.2, 0.25) is 5.91 Å². The summed E-state index contributed by atoms with van der Waals surface area (Å²) in [6, 6.07) is 8.15. The number of methoxy groups -OCH3 is 1. The lowest BCUT2D eigenvalue weighted by atomic mass is 9.94. The highest BCUT2D eigenvalue weighted by molar-refractivity contribution is 5.76. The van der Waals surface area contributed by atoms with Crippen molar-refractivity contribution in [3.8, 4) is 5.75 Å². The molecule has 126 valence electrons. The molecule has 23 heavy (non-hydrogen) atoms. The van der Waals surface area contributed by atoms with E-state index in [1.165, 1.54) is 0 Å². The summed E-state index contributed by atoms with van der Waals surface area (Å²) in [6.07, 6.45) is 1.94. The summed E-state index contributed by atoms with van der Waals surface area (Å²) in [5, 5.41) is 3.53. The Labute approximate surface area is 137 Å². The second kappa shape index (κ2) is 7.19. The maximum Gasteiger partial charge on any atom is 0.220 e. The van der Waals surface area contributed by atoms with Gasteiger partial charge in [-0.1, -0.05) is 12.1 Å². The highest BCUT2D eigenvalue weighted by Crippen LogP contribution is 2.29. The summed E-state index contributed by atoms with van der Waals surface area (Å²) >= 11 is 0. The Balaban J connectivity index is 1.59. The Morgan fingerprint density at radius 3 is 2.70 bits per heavy atom. The number of hydrogen-bond acceptors (Lipinski definition) is 5. The van der Waals surface area contributed by atoms with E-state index in [4.69, 9.17) is 10.5 Å². The zero-order chi connectivity index (χ0) is 16.2. The Morgan fingerprint density at radius 1 is 1.26 bits per heavy atom. The second-order valence-electron chi connectivity index (χ2n) is 6.29. The van der Waals surface area contributed by atoms with Crippen molar-refractivity contribution >= 4 is 11.6 Å². The molecular formula is C17H26N4O2. The van der Waals surface area contributed by atoms with Crippen LogP contribution in [0.25, 0.3) is 0 Å². The Kier molecular flexibility index (Phi) is 5.03. The van der Waals surface area contributed by atoms with Gasteiger partial charge < -0.3 is 20.7 Å². The third-order valence-corrected chi connectivity index (χ3v) is 4.96. The van der Waals surface area contributed by atoms with Crippen LogP contribution in [0.3, 0.4) is 0 Å². The van der Waals surface area contributed by atoms with Crippen molar-refractivity contribution in [1.82, 2.24) is 10.2 Å². The van der Waals surface area contributed by atoms with Crippen LogP contribution in [0.15, 0.2) is 24.3 Å². The van der Waals surface area contributed by atoms with Crippen LogP contribution in [0.1, 0.15) is 12.8 Å². The Bertz CT molecular complexity index is 543. The zero-order valence-electron chi connectivity index (χ0n) is 13.7. The number of carbonyl (C=O) groups excluding carboxylic acids is 1. The van der Waals surface area contributed by atoms with Crippen molar-refractivity contribution in [2.45, 2.75) is 19.0 Å². The van der Waals surface area contributed by atoms with Gasteiger partial charge in [0.05, 0.1) is 19.0 Å². The Morgan fingerprint density at radius 2 is 2.00 bits per heavy atom. The highest BCUT2D eigenvalue weighted by Gasteiger charge is 2.31. The number of amides is 1. The average Bonchev–Trinajstić information content (AvgIpc) is 2.62. The van der Waals surface area contributed by atoms with Crippen LogP contribution in [-0.2, 0) is 4.79 Å². The summed E-state index contributed by atoms with van der Waals surface area (Å²) in [5.74, 6) is 0.767. The molecular weight excluding hydrogens is 292 g/mol. The number of anilines is 1. The first-order valence-corrected chi connectivity index (χ1v) is 8.33. The van der Waals surface area contributed by atoms with Gasteiger partial charge in [-0.15, -0.1) is 0 Å². The molecule has 1 aromatic carbocycles. The number of piperazine rings is 1. The molecule has 2 aliphatic heterocycles. The minimum Gasteiger partial charge on any atom is -0.495 e. The predicted octanol–water partition coefficient (Wildman–Crippen LogP) is 0.628. The van der Waals surface area contributed by atoms with E-state index in [9.17, 15) is 4.79 Å². The number of piperidine rings is 1. The van der Waals surface area contributed by atoms with E-state index in [1.54, 1.807) is 7.11 Å². The van der Waals surface area contributed by atoms with Crippen molar-refractivity contribution in [3.05, 3.63) is 24.3 Å². The molecule has 6 nitrogen and oxygen atoms in total. The van der Waals surface area contributed by atoms with Crippen LogP contribution in [0.5, 0.6) is 5.75 Å². The first-order chi connectivity index (χ1) is 11.2. The van der Waals surface area contributed by atoms with Gasteiger partial charge in [-0.05, 0) is 31.5 Å². The van der Waals surface area contributed by atoms with Gasteiger partial charge in [0, 0.05) is 32.1 Å². The molecule has 3 N–H and O–H groups in total. The number of carbonyl (C=O) groups is 1. The molecule has 0 radical (unpaired) electrons. The van der Waals surface area contributed by atoms with Gasteiger partial charge in [0.1, 0.15) is 5.75 Å². The molecule has 2 atom stereocenters. The Hall–Kier alpha value is -1.79. The molecule has 0 aliphatic carbocycles. The van der Waals surface area contributed by atoms with Crippen molar-refractivity contribution in [2.75, 3.05) is 44.7 Å². The number of nitrogens with zero attached hydrogens (tertiary/aromatic N) is 2. The van der Waals surface area contributed by atoms with E-state index in [0.29, 0.717) is 0 Å². The van der Waals surface area contributed by atoms with E-state index in [2.05, 4.69) is 21.2 Å². The van der Waals surface area contributed by atoms with Crippen molar-refractivity contribution in [3.63, 3.8) is 0 Å². The van der Waals surface area contributed by atoms with Gasteiger partial charge in [0.15, 0.2) is 0 Å². The summed E-state index contributed by atoms with van der Waals surface area (Å²) in [5.41, 5.74) is 6.64. The summed E-state index contributed by atoms with van der Waals surface area (Å²) in [7, 11) is 1.71. The van der Waals surface area contributed by atoms with Gasteiger partial charge in [-0.3, -0.25) is 9.69 Å². The zero-order valence-corrected chi connectivity index (χ0v) is 13.7.